The second-order valence-corrected chi connectivity index (χ2v) is 7.52. The SMILES string of the molecule is O=[N+]([O-])c1ccc(O[P@@]2(=O)OCC[C@@H](c3cccc(Br)c3)O2)cc1. The van der Waals surface area contributed by atoms with Crippen LogP contribution in [0.25, 0.3) is 0 Å². The van der Waals surface area contributed by atoms with Crippen LogP contribution < -0.4 is 4.52 Å². The van der Waals surface area contributed by atoms with Gasteiger partial charge in [0.1, 0.15) is 5.75 Å². The van der Waals surface area contributed by atoms with Crippen molar-refractivity contribution in [3.8, 4) is 5.75 Å². The van der Waals surface area contributed by atoms with E-state index in [0.717, 1.165) is 10.0 Å². The third-order valence-electron chi connectivity index (χ3n) is 3.37. The largest absolute Gasteiger partial charge is 0.530 e. The highest BCUT2D eigenvalue weighted by molar-refractivity contribution is 9.10. The van der Waals surface area contributed by atoms with Crippen molar-refractivity contribution < 1.29 is 23.1 Å². The number of phosphoric acid groups is 1. The summed E-state index contributed by atoms with van der Waals surface area (Å²) in [5.74, 6) is 0.179. The minimum atomic E-state index is -3.80. The van der Waals surface area contributed by atoms with Gasteiger partial charge in [-0.1, -0.05) is 28.1 Å². The summed E-state index contributed by atoms with van der Waals surface area (Å²) in [7, 11) is -3.80. The topological polar surface area (TPSA) is 87.9 Å². The summed E-state index contributed by atoms with van der Waals surface area (Å²) in [6.45, 7) is 0.224. The maximum absolute atomic E-state index is 12.7. The van der Waals surface area contributed by atoms with E-state index in [1.54, 1.807) is 0 Å². The lowest BCUT2D eigenvalue weighted by Crippen LogP contribution is -2.16. The molecule has 0 bridgehead atoms. The molecule has 1 heterocycles. The molecule has 0 saturated carbocycles. The number of hydrogen-bond acceptors (Lipinski definition) is 6. The molecule has 0 amide bonds. The molecule has 0 aromatic heterocycles. The van der Waals surface area contributed by atoms with E-state index in [0.29, 0.717) is 6.42 Å². The number of nitro groups is 1. The predicted molar refractivity (Wildman–Crippen MR) is 89.9 cm³/mol. The Bertz CT molecular complexity index is 797. The number of phosphoric ester groups is 1. The molecule has 0 radical (unpaired) electrons. The van der Waals surface area contributed by atoms with E-state index in [-0.39, 0.29) is 18.0 Å². The van der Waals surface area contributed by atoms with E-state index in [4.69, 9.17) is 13.6 Å². The Hall–Kier alpha value is -1.73. The molecule has 3 rings (SSSR count). The molecule has 9 heteroatoms. The molecular formula is C15H13BrNO6P. The van der Waals surface area contributed by atoms with Crippen molar-refractivity contribution in [1.82, 2.24) is 0 Å². The van der Waals surface area contributed by atoms with Crippen molar-refractivity contribution in [2.45, 2.75) is 12.5 Å². The van der Waals surface area contributed by atoms with Gasteiger partial charge >= 0.3 is 7.82 Å². The van der Waals surface area contributed by atoms with E-state index in [1.165, 1.54) is 24.3 Å². The number of non-ortho nitro benzene ring substituents is 1. The van der Waals surface area contributed by atoms with E-state index in [1.807, 2.05) is 24.3 Å². The van der Waals surface area contributed by atoms with Crippen molar-refractivity contribution in [1.29, 1.82) is 0 Å². The van der Waals surface area contributed by atoms with Gasteiger partial charge in [0.05, 0.1) is 17.6 Å². The number of hydrogen-bond donors (Lipinski definition) is 0. The average Bonchev–Trinajstić information content (AvgIpc) is 2.55. The first-order chi connectivity index (χ1) is 11.5. The second-order valence-electron chi connectivity index (χ2n) is 5.06. The number of benzene rings is 2. The number of nitrogens with zero attached hydrogens (tertiary/aromatic N) is 1. The molecule has 0 N–H and O–H groups in total. The molecule has 2 atom stereocenters. The zero-order valence-electron chi connectivity index (χ0n) is 12.3. The highest BCUT2D eigenvalue weighted by atomic mass is 79.9. The van der Waals surface area contributed by atoms with Gasteiger partial charge in [-0.15, -0.1) is 0 Å². The lowest BCUT2D eigenvalue weighted by Gasteiger charge is -2.29. The van der Waals surface area contributed by atoms with Crippen LogP contribution in [0.4, 0.5) is 5.69 Å². The van der Waals surface area contributed by atoms with Crippen LogP contribution in [0.15, 0.2) is 53.0 Å². The molecule has 0 spiro atoms. The summed E-state index contributed by atoms with van der Waals surface area (Å²) in [4.78, 5) is 10.1. The normalized spacial score (nSPS) is 23.6. The first kappa shape index (κ1) is 17.1. The van der Waals surface area contributed by atoms with Gasteiger partial charge < -0.3 is 4.52 Å². The Kier molecular flexibility index (Phi) is 5.01. The maximum Gasteiger partial charge on any atom is 0.530 e. The minimum absolute atomic E-state index is 0.0851. The standard InChI is InChI=1S/C15H13BrNO6P/c16-12-3-1-2-11(10-12)15-8-9-21-24(20,23-15)22-14-6-4-13(5-7-14)17(18)19/h1-7,10,15H,8-9H2/t15-,24+/m0/s1. The highest BCUT2D eigenvalue weighted by Crippen LogP contribution is 2.56. The van der Waals surface area contributed by atoms with Crippen LogP contribution in [0.5, 0.6) is 5.75 Å². The molecule has 126 valence electrons. The van der Waals surface area contributed by atoms with Crippen LogP contribution in [0.2, 0.25) is 0 Å². The highest BCUT2D eigenvalue weighted by Gasteiger charge is 2.37. The summed E-state index contributed by atoms with van der Waals surface area (Å²) >= 11 is 3.39. The zero-order valence-corrected chi connectivity index (χ0v) is 14.8. The first-order valence-corrected chi connectivity index (χ1v) is 9.33. The van der Waals surface area contributed by atoms with Crippen molar-refractivity contribution >= 4 is 29.4 Å². The fourth-order valence-electron chi connectivity index (χ4n) is 2.25. The molecule has 0 aliphatic carbocycles. The van der Waals surface area contributed by atoms with Gasteiger partial charge in [0, 0.05) is 23.0 Å². The quantitative estimate of drug-likeness (QED) is 0.397. The fraction of sp³-hybridized carbons (Fsp3) is 0.200. The van der Waals surface area contributed by atoms with Crippen LogP contribution in [0.3, 0.4) is 0 Å². The van der Waals surface area contributed by atoms with Gasteiger partial charge in [0.25, 0.3) is 5.69 Å². The molecule has 7 nitrogen and oxygen atoms in total. The summed E-state index contributed by atoms with van der Waals surface area (Å²) in [6, 6.07) is 12.7. The summed E-state index contributed by atoms with van der Waals surface area (Å²) < 4.78 is 29.7. The Balaban J connectivity index is 1.75. The second kappa shape index (κ2) is 7.03. The molecule has 1 fully saturated rings. The molecule has 2 aromatic carbocycles. The van der Waals surface area contributed by atoms with Crippen molar-refractivity contribution in [2.24, 2.45) is 0 Å². The van der Waals surface area contributed by atoms with Crippen LogP contribution in [0.1, 0.15) is 18.1 Å². The van der Waals surface area contributed by atoms with E-state index >= 15 is 0 Å². The number of nitro benzene ring substituents is 1. The van der Waals surface area contributed by atoms with Crippen molar-refractivity contribution in [3.05, 3.63) is 68.7 Å². The summed E-state index contributed by atoms with van der Waals surface area (Å²) in [5, 5.41) is 10.6. The van der Waals surface area contributed by atoms with Gasteiger partial charge in [-0.05, 0) is 29.8 Å². The number of halogens is 1. The Labute approximate surface area is 146 Å². The van der Waals surface area contributed by atoms with Gasteiger partial charge in [-0.3, -0.25) is 19.2 Å². The molecule has 2 aromatic rings. The lowest BCUT2D eigenvalue weighted by molar-refractivity contribution is -0.384. The van der Waals surface area contributed by atoms with Crippen LogP contribution >= 0.6 is 23.8 Å². The van der Waals surface area contributed by atoms with E-state index < -0.39 is 18.8 Å². The minimum Gasteiger partial charge on any atom is -0.404 e. The molecular weight excluding hydrogens is 401 g/mol. The average molecular weight is 414 g/mol. The molecule has 1 saturated heterocycles. The Morgan fingerprint density at radius 3 is 2.67 bits per heavy atom. The smallest absolute Gasteiger partial charge is 0.404 e. The maximum atomic E-state index is 12.7. The van der Waals surface area contributed by atoms with Gasteiger partial charge in [-0.2, -0.15) is 0 Å². The van der Waals surface area contributed by atoms with Crippen LogP contribution in [-0.4, -0.2) is 11.5 Å². The van der Waals surface area contributed by atoms with Crippen molar-refractivity contribution in [2.75, 3.05) is 6.61 Å². The monoisotopic (exact) mass is 413 g/mol. The molecule has 24 heavy (non-hydrogen) atoms. The van der Waals surface area contributed by atoms with Gasteiger partial charge in [0.15, 0.2) is 0 Å². The lowest BCUT2D eigenvalue weighted by atomic mass is 10.1. The number of rotatable bonds is 4. The van der Waals surface area contributed by atoms with Crippen molar-refractivity contribution in [3.63, 3.8) is 0 Å². The first-order valence-electron chi connectivity index (χ1n) is 7.08. The molecule has 1 aliphatic heterocycles. The van der Waals surface area contributed by atoms with Gasteiger partial charge in [-0.25, -0.2) is 4.57 Å². The third kappa shape index (κ3) is 4.02. The Morgan fingerprint density at radius 2 is 2.00 bits per heavy atom. The Morgan fingerprint density at radius 1 is 1.25 bits per heavy atom. The van der Waals surface area contributed by atoms with E-state index in [2.05, 4.69) is 15.9 Å². The fourth-order valence-corrected chi connectivity index (χ4v) is 4.07. The van der Waals surface area contributed by atoms with Gasteiger partial charge in [0.2, 0.25) is 0 Å². The summed E-state index contributed by atoms with van der Waals surface area (Å²) in [5.41, 5.74) is 0.776. The molecule has 1 aliphatic rings. The van der Waals surface area contributed by atoms with Crippen LogP contribution in [-0.2, 0) is 13.6 Å². The zero-order chi connectivity index (χ0) is 17.2. The third-order valence-corrected chi connectivity index (χ3v) is 5.31. The molecule has 0 unspecified atom stereocenters. The van der Waals surface area contributed by atoms with Crippen LogP contribution in [0, 0.1) is 10.1 Å². The summed E-state index contributed by atoms with van der Waals surface area (Å²) in [6.07, 6.45) is 0.129. The predicted octanol–water partition coefficient (Wildman–Crippen LogP) is 5.02. The van der Waals surface area contributed by atoms with E-state index in [9.17, 15) is 14.7 Å².